The van der Waals surface area contributed by atoms with Gasteiger partial charge in [0.2, 0.25) is 0 Å². The minimum Gasteiger partial charge on any atom is -0.353 e. The van der Waals surface area contributed by atoms with Crippen LogP contribution >= 0.6 is 15.9 Å². The maximum absolute atomic E-state index is 12.6. The van der Waals surface area contributed by atoms with Crippen LogP contribution in [0, 0.1) is 0 Å². The summed E-state index contributed by atoms with van der Waals surface area (Å²) in [6, 6.07) is 7.36. The van der Waals surface area contributed by atoms with Crippen molar-refractivity contribution in [1.29, 1.82) is 0 Å². The van der Waals surface area contributed by atoms with Gasteiger partial charge in [0.25, 0.3) is 10.0 Å². The van der Waals surface area contributed by atoms with Gasteiger partial charge in [0.15, 0.2) is 0 Å². The van der Waals surface area contributed by atoms with Gasteiger partial charge in [-0.2, -0.15) is 8.42 Å². The van der Waals surface area contributed by atoms with E-state index < -0.39 is 10.0 Å². The summed E-state index contributed by atoms with van der Waals surface area (Å²) >= 11 is 3.40. The minimum absolute atomic E-state index is 0.326. The first-order valence-corrected chi connectivity index (χ1v) is 9.95. The monoisotopic (exact) mass is 397 g/mol. The molecule has 0 N–H and O–H groups in total. The van der Waals surface area contributed by atoms with Crippen LogP contribution < -0.4 is 0 Å². The van der Waals surface area contributed by atoms with Gasteiger partial charge < -0.3 is 9.80 Å². The second-order valence-corrected chi connectivity index (χ2v) is 8.23. The Balaban J connectivity index is 1.95. The average molecular weight is 398 g/mol. The van der Waals surface area contributed by atoms with Gasteiger partial charge in [-0.25, -0.2) is 0 Å². The molecule has 7 heteroatoms. The lowest BCUT2D eigenvalue weighted by atomic mass is 10.1. The van der Waals surface area contributed by atoms with Crippen LogP contribution in [0.3, 0.4) is 0 Å². The van der Waals surface area contributed by atoms with E-state index in [2.05, 4.69) is 37.1 Å². The zero-order chi connectivity index (χ0) is 16.6. The summed E-state index contributed by atoms with van der Waals surface area (Å²) in [5, 5.41) is 0. The molecule has 0 aliphatic carbocycles. The number of piperazine rings is 1. The zero-order valence-electron chi connectivity index (χ0n) is 13.3. The van der Waals surface area contributed by atoms with Crippen LogP contribution in [0.5, 0.6) is 0 Å². The minimum atomic E-state index is -3.63. The molecule has 0 bridgehead atoms. The Morgan fingerprint density at radius 3 is 2.52 bits per heavy atom. The smallest absolute Gasteiger partial charge is 0.285 e. The fourth-order valence-electron chi connectivity index (χ4n) is 3.09. The fourth-order valence-corrected chi connectivity index (χ4v) is 4.96. The van der Waals surface area contributed by atoms with Crippen molar-refractivity contribution in [3.8, 4) is 0 Å². The van der Waals surface area contributed by atoms with Gasteiger partial charge in [0, 0.05) is 36.2 Å². The van der Waals surface area contributed by atoms with Gasteiger partial charge in [-0.15, -0.1) is 4.40 Å². The predicted octanol–water partition coefficient (Wildman–Crippen LogP) is 2.56. The second kappa shape index (κ2) is 6.37. The Morgan fingerprint density at radius 1 is 1.22 bits per heavy atom. The van der Waals surface area contributed by atoms with E-state index in [9.17, 15) is 8.42 Å². The van der Waals surface area contributed by atoms with Gasteiger partial charge in [-0.3, -0.25) is 0 Å². The number of benzene rings is 1. The van der Waals surface area contributed by atoms with Crippen molar-refractivity contribution in [3.63, 3.8) is 0 Å². The van der Waals surface area contributed by atoms with Crippen molar-refractivity contribution < 1.29 is 8.42 Å². The summed E-state index contributed by atoms with van der Waals surface area (Å²) in [6.45, 7) is 8.52. The second-order valence-electron chi connectivity index (χ2n) is 5.78. The fraction of sp³-hybridized carbons (Fsp3) is 0.438. The molecule has 124 valence electrons. The summed E-state index contributed by atoms with van der Waals surface area (Å²) in [5.74, 6) is 0.607. The molecule has 0 aromatic heterocycles. The maximum Gasteiger partial charge on any atom is 0.285 e. The lowest BCUT2D eigenvalue weighted by Gasteiger charge is -2.35. The molecule has 0 saturated carbocycles. The zero-order valence-corrected chi connectivity index (χ0v) is 15.7. The molecule has 1 aromatic rings. The molecule has 0 atom stereocenters. The largest absolute Gasteiger partial charge is 0.353 e. The standard InChI is InChI=1S/C16H20BrN3O2S/c1-3-19-7-9-20(10-8-19)16-12(2)15(23(21,22)18-16)13-5-4-6-14(17)11-13/h4-6,11H,3,7-10H2,1-2H3. The van der Waals surface area contributed by atoms with Gasteiger partial charge >= 0.3 is 0 Å². The first kappa shape index (κ1) is 16.7. The van der Waals surface area contributed by atoms with E-state index in [1.54, 1.807) is 0 Å². The molecule has 23 heavy (non-hydrogen) atoms. The number of nitrogens with zero attached hydrogens (tertiary/aromatic N) is 3. The Morgan fingerprint density at radius 2 is 1.91 bits per heavy atom. The molecular formula is C16H20BrN3O2S. The van der Waals surface area contributed by atoms with Crippen molar-refractivity contribution in [1.82, 2.24) is 9.80 Å². The first-order chi connectivity index (χ1) is 10.9. The Labute approximate surface area is 145 Å². The molecule has 2 aliphatic rings. The summed E-state index contributed by atoms with van der Waals surface area (Å²) in [6.07, 6.45) is 0. The molecule has 0 spiro atoms. The number of hydrogen-bond acceptors (Lipinski definition) is 4. The van der Waals surface area contributed by atoms with Crippen molar-refractivity contribution in [2.45, 2.75) is 13.8 Å². The van der Waals surface area contributed by atoms with Crippen molar-refractivity contribution >= 4 is 36.7 Å². The molecule has 1 aromatic carbocycles. The Hall–Kier alpha value is -1.18. The van der Waals surface area contributed by atoms with E-state index in [4.69, 9.17) is 0 Å². The van der Waals surface area contributed by atoms with Crippen LogP contribution in [0.2, 0.25) is 0 Å². The SMILES string of the molecule is CCN1CCN(C2=NS(=O)(=O)C(c3cccc(Br)c3)=C2C)CC1. The predicted molar refractivity (Wildman–Crippen MR) is 96.8 cm³/mol. The highest BCUT2D eigenvalue weighted by molar-refractivity contribution is 9.10. The highest BCUT2D eigenvalue weighted by Crippen LogP contribution is 2.34. The average Bonchev–Trinajstić information content (AvgIpc) is 2.77. The number of rotatable bonds is 2. The van der Waals surface area contributed by atoms with Gasteiger partial charge in [0.05, 0.1) is 0 Å². The molecule has 2 aliphatic heterocycles. The lowest BCUT2D eigenvalue weighted by molar-refractivity contribution is 0.190. The summed E-state index contributed by atoms with van der Waals surface area (Å²) < 4.78 is 30.0. The molecule has 0 unspecified atom stereocenters. The van der Waals surface area contributed by atoms with Crippen LogP contribution in [0.25, 0.3) is 4.91 Å². The van der Waals surface area contributed by atoms with E-state index in [1.807, 2.05) is 31.2 Å². The summed E-state index contributed by atoms with van der Waals surface area (Å²) in [5.41, 5.74) is 1.43. The van der Waals surface area contributed by atoms with Crippen LogP contribution in [0.15, 0.2) is 38.7 Å². The first-order valence-electron chi connectivity index (χ1n) is 7.72. The molecule has 5 nitrogen and oxygen atoms in total. The summed E-state index contributed by atoms with van der Waals surface area (Å²) in [4.78, 5) is 4.77. The number of halogens is 1. The third kappa shape index (κ3) is 3.22. The normalized spacial score (nSPS) is 21.7. The van der Waals surface area contributed by atoms with Crippen LogP contribution in [0.4, 0.5) is 0 Å². The van der Waals surface area contributed by atoms with E-state index in [0.717, 1.165) is 42.8 Å². The van der Waals surface area contributed by atoms with Crippen molar-refractivity contribution in [2.75, 3.05) is 32.7 Å². The van der Waals surface area contributed by atoms with E-state index in [0.29, 0.717) is 16.3 Å². The van der Waals surface area contributed by atoms with Crippen molar-refractivity contribution in [3.05, 3.63) is 39.9 Å². The number of likely N-dealkylation sites (N-methyl/N-ethyl adjacent to an activating group) is 1. The third-order valence-electron chi connectivity index (χ3n) is 4.35. The highest BCUT2D eigenvalue weighted by Gasteiger charge is 2.34. The van der Waals surface area contributed by atoms with Gasteiger partial charge in [-0.1, -0.05) is 35.0 Å². The van der Waals surface area contributed by atoms with Crippen LogP contribution in [0.1, 0.15) is 19.4 Å². The van der Waals surface area contributed by atoms with Crippen LogP contribution in [-0.4, -0.2) is 56.8 Å². The number of amidine groups is 1. The Bertz CT molecular complexity index is 778. The van der Waals surface area contributed by atoms with E-state index in [1.165, 1.54) is 0 Å². The third-order valence-corrected chi connectivity index (χ3v) is 6.31. The lowest BCUT2D eigenvalue weighted by Crippen LogP contribution is -2.48. The molecule has 0 radical (unpaired) electrons. The Kier molecular flexibility index (Phi) is 4.62. The molecular weight excluding hydrogens is 378 g/mol. The molecule has 3 rings (SSSR count). The quantitative estimate of drug-likeness (QED) is 0.769. The van der Waals surface area contributed by atoms with Crippen molar-refractivity contribution in [2.24, 2.45) is 4.40 Å². The van der Waals surface area contributed by atoms with Crippen LogP contribution in [-0.2, 0) is 10.0 Å². The number of sulfonamides is 1. The molecule has 1 fully saturated rings. The topological polar surface area (TPSA) is 53.0 Å². The highest BCUT2D eigenvalue weighted by atomic mass is 79.9. The molecule has 0 amide bonds. The van der Waals surface area contributed by atoms with E-state index >= 15 is 0 Å². The maximum atomic E-state index is 12.6. The van der Waals surface area contributed by atoms with E-state index in [-0.39, 0.29) is 0 Å². The van der Waals surface area contributed by atoms with Gasteiger partial charge in [-0.05, 0) is 31.2 Å². The van der Waals surface area contributed by atoms with Gasteiger partial charge in [0.1, 0.15) is 10.7 Å². The molecule has 1 saturated heterocycles. The molecule has 2 heterocycles. The summed E-state index contributed by atoms with van der Waals surface area (Å²) in [7, 11) is -3.63. The number of hydrogen-bond donors (Lipinski definition) is 0.